The number of nitrogens with zero attached hydrogens (tertiary/aromatic N) is 1. The van der Waals surface area contributed by atoms with Crippen LogP contribution >= 0.6 is 22.9 Å². The quantitative estimate of drug-likeness (QED) is 0.574. The van der Waals surface area contributed by atoms with Gasteiger partial charge in [0, 0.05) is 5.69 Å². The highest BCUT2D eigenvalue weighted by molar-refractivity contribution is 7.93. The van der Waals surface area contributed by atoms with Crippen LogP contribution in [0.15, 0.2) is 41.3 Å². The third-order valence-electron chi connectivity index (χ3n) is 4.02. The van der Waals surface area contributed by atoms with Crippen molar-refractivity contribution in [3.63, 3.8) is 0 Å². The maximum Gasteiger partial charge on any atom is 0.267 e. The fraction of sp³-hybridized carbons (Fsp3) is 0.158. The molecule has 0 unspecified atom stereocenters. The Morgan fingerprint density at radius 2 is 1.86 bits per heavy atom. The van der Waals surface area contributed by atoms with E-state index < -0.39 is 21.7 Å². The highest BCUT2D eigenvalue weighted by Gasteiger charge is 2.22. The number of benzene rings is 2. The minimum absolute atomic E-state index is 0.0739. The number of carbonyl (C=O) groups is 1. The molecule has 0 radical (unpaired) electrons. The number of hydrogen-bond acceptors (Lipinski definition) is 5. The Hall–Kier alpha value is -2.49. The van der Waals surface area contributed by atoms with Crippen LogP contribution in [0.4, 0.5) is 15.2 Å². The number of sulfonamides is 1. The number of amides is 1. The number of carbonyl (C=O) groups excluding carboxylic acids is 1. The molecule has 3 rings (SSSR count). The van der Waals surface area contributed by atoms with E-state index in [1.165, 1.54) is 18.2 Å². The molecular formula is C19H17ClFN3O3S2. The third-order valence-corrected chi connectivity index (χ3v) is 7.01. The van der Waals surface area contributed by atoms with Gasteiger partial charge in [0.05, 0.1) is 15.6 Å². The first-order valence-corrected chi connectivity index (χ1v) is 11.1. The summed E-state index contributed by atoms with van der Waals surface area (Å²) in [6, 6.07) is 8.81. The number of aryl methyl sites for hydroxylation is 3. The largest absolute Gasteiger partial charge is 0.321 e. The Morgan fingerprint density at radius 1 is 1.14 bits per heavy atom. The van der Waals surface area contributed by atoms with Crippen molar-refractivity contribution >= 4 is 49.7 Å². The minimum Gasteiger partial charge on any atom is -0.321 e. The first-order chi connectivity index (χ1) is 13.6. The molecule has 29 heavy (non-hydrogen) atoms. The van der Waals surface area contributed by atoms with Gasteiger partial charge in [-0.2, -0.15) is 0 Å². The van der Waals surface area contributed by atoms with E-state index in [1.807, 2.05) is 6.92 Å². The average molecular weight is 454 g/mol. The van der Waals surface area contributed by atoms with Gasteiger partial charge in [-0.25, -0.2) is 17.8 Å². The molecule has 10 heteroatoms. The molecule has 6 nitrogen and oxygen atoms in total. The van der Waals surface area contributed by atoms with E-state index in [2.05, 4.69) is 15.0 Å². The third kappa shape index (κ3) is 4.75. The van der Waals surface area contributed by atoms with Crippen molar-refractivity contribution in [2.45, 2.75) is 25.7 Å². The molecule has 0 aliphatic heterocycles. The van der Waals surface area contributed by atoms with Crippen LogP contribution < -0.4 is 10.0 Å². The lowest BCUT2D eigenvalue weighted by Crippen LogP contribution is -2.14. The first kappa shape index (κ1) is 21.2. The summed E-state index contributed by atoms with van der Waals surface area (Å²) in [5, 5.41) is 2.55. The van der Waals surface area contributed by atoms with Crippen molar-refractivity contribution < 1.29 is 17.6 Å². The number of anilines is 2. The van der Waals surface area contributed by atoms with Gasteiger partial charge in [0.15, 0.2) is 5.13 Å². The Balaban J connectivity index is 1.82. The van der Waals surface area contributed by atoms with Crippen LogP contribution in [0, 0.1) is 26.6 Å². The molecule has 0 saturated carbocycles. The summed E-state index contributed by atoms with van der Waals surface area (Å²) in [6.45, 7) is 5.18. The average Bonchev–Trinajstić information content (AvgIpc) is 2.97. The van der Waals surface area contributed by atoms with Gasteiger partial charge < -0.3 is 5.32 Å². The normalized spacial score (nSPS) is 11.3. The summed E-state index contributed by atoms with van der Waals surface area (Å²) < 4.78 is 41.1. The SMILES string of the molecule is Cc1ccc(S(=O)(=O)Nc2nc(C)c(C(=O)Nc3ccc(F)c(Cl)c3)s2)c(C)c1. The molecule has 3 aromatic rings. The summed E-state index contributed by atoms with van der Waals surface area (Å²) in [5.41, 5.74) is 2.23. The number of rotatable bonds is 5. The number of halogens is 2. The lowest BCUT2D eigenvalue weighted by molar-refractivity contribution is 0.103. The van der Waals surface area contributed by atoms with Crippen molar-refractivity contribution in [1.29, 1.82) is 0 Å². The predicted molar refractivity (Wildman–Crippen MR) is 113 cm³/mol. The van der Waals surface area contributed by atoms with Crippen LogP contribution in [0.2, 0.25) is 5.02 Å². The zero-order chi connectivity index (χ0) is 21.3. The Labute approximate surface area is 176 Å². The number of thiazole rings is 1. The maximum atomic E-state index is 13.3. The molecule has 0 bridgehead atoms. The lowest BCUT2D eigenvalue weighted by atomic mass is 10.2. The highest BCUT2D eigenvalue weighted by Crippen LogP contribution is 2.28. The van der Waals surface area contributed by atoms with Crippen molar-refractivity contribution in [1.82, 2.24) is 4.98 Å². The minimum atomic E-state index is -3.85. The molecule has 2 N–H and O–H groups in total. The summed E-state index contributed by atoms with van der Waals surface area (Å²) in [7, 11) is -3.85. The van der Waals surface area contributed by atoms with Crippen molar-refractivity contribution in [3.05, 3.63) is 68.9 Å². The second-order valence-electron chi connectivity index (χ2n) is 6.39. The molecule has 1 aromatic heterocycles. The van der Waals surface area contributed by atoms with Gasteiger partial charge in [0.25, 0.3) is 15.9 Å². The van der Waals surface area contributed by atoms with Crippen LogP contribution in [0.5, 0.6) is 0 Å². The van der Waals surface area contributed by atoms with Crippen LogP contribution in [-0.4, -0.2) is 19.3 Å². The van der Waals surface area contributed by atoms with Gasteiger partial charge >= 0.3 is 0 Å². The van der Waals surface area contributed by atoms with Crippen molar-refractivity contribution in [2.24, 2.45) is 0 Å². The molecule has 1 heterocycles. The zero-order valence-corrected chi connectivity index (χ0v) is 18.1. The maximum absolute atomic E-state index is 13.3. The van der Waals surface area contributed by atoms with Gasteiger partial charge in [0.2, 0.25) is 0 Å². The molecule has 152 valence electrons. The van der Waals surface area contributed by atoms with E-state index in [0.29, 0.717) is 16.9 Å². The summed E-state index contributed by atoms with van der Waals surface area (Å²) in [5.74, 6) is -1.10. The van der Waals surface area contributed by atoms with Crippen LogP contribution in [-0.2, 0) is 10.0 Å². The smallest absolute Gasteiger partial charge is 0.267 e. The summed E-state index contributed by atoms with van der Waals surface area (Å²) in [4.78, 5) is 17.0. The first-order valence-electron chi connectivity index (χ1n) is 8.41. The topological polar surface area (TPSA) is 88.2 Å². The van der Waals surface area contributed by atoms with Gasteiger partial charge in [0.1, 0.15) is 10.7 Å². The molecule has 0 atom stereocenters. The fourth-order valence-electron chi connectivity index (χ4n) is 2.68. The van der Waals surface area contributed by atoms with E-state index in [1.54, 1.807) is 26.0 Å². The second kappa shape index (κ2) is 8.10. The van der Waals surface area contributed by atoms with E-state index >= 15 is 0 Å². The zero-order valence-electron chi connectivity index (χ0n) is 15.7. The predicted octanol–water partition coefficient (Wildman–Crippen LogP) is 4.91. The second-order valence-corrected chi connectivity index (χ2v) is 9.45. The van der Waals surface area contributed by atoms with E-state index in [9.17, 15) is 17.6 Å². The molecule has 1 amide bonds. The molecule has 0 spiro atoms. The van der Waals surface area contributed by atoms with Crippen LogP contribution in [0.3, 0.4) is 0 Å². The molecule has 0 aliphatic carbocycles. The summed E-state index contributed by atoms with van der Waals surface area (Å²) >= 11 is 6.62. The van der Waals surface area contributed by atoms with E-state index in [0.717, 1.165) is 23.0 Å². The number of nitrogens with one attached hydrogen (secondary N) is 2. The van der Waals surface area contributed by atoms with Crippen LogP contribution in [0.25, 0.3) is 0 Å². The summed E-state index contributed by atoms with van der Waals surface area (Å²) in [6.07, 6.45) is 0. The van der Waals surface area contributed by atoms with Gasteiger partial charge in [-0.15, -0.1) is 0 Å². The Morgan fingerprint density at radius 3 is 2.52 bits per heavy atom. The monoisotopic (exact) mass is 453 g/mol. The number of aromatic nitrogens is 1. The van der Waals surface area contributed by atoms with Gasteiger partial charge in [-0.05, 0) is 50.6 Å². The molecule has 0 saturated heterocycles. The van der Waals surface area contributed by atoms with E-state index in [4.69, 9.17) is 11.6 Å². The molecule has 2 aromatic carbocycles. The molecule has 0 aliphatic rings. The highest BCUT2D eigenvalue weighted by atomic mass is 35.5. The lowest BCUT2D eigenvalue weighted by Gasteiger charge is -2.08. The van der Waals surface area contributed by atoms with Crippen LogP contribution in [0.1, 0.15) is 26.5 Å². The van der Waals surface area contributed by atoms with Gasteiger partial charge in [-0.1, -0.05) is 40.6 Å². The fourth-order valence-corrected chi connectivity index (χ4v) is 5.19. The Bertz CT molecular complexity index is 1210. The number of hydrogen-bond donors (Lipinski definition) is 2. The van der Waals surface area contributed by atoms with Crippen molar-refractivity contribution in [2.75, 3.05) is 10.0 Å². The van der Waals surface area contributed by atoms with Gasteiger partial charge in [-0.3, -0.25) is 9.52 Å². The standard InChI is InChI=1S/C19H17ClFN3O3S2/c1-10-4-7-16(11(2)8-10)29(26,27)24-19-22-12(3)17(28-19)18(25)23-13-5-6-15(21)14(20)9-13/h4-9H,1-3H3,(H,22,24)(H,23,25). The van der Waals surface area contributed by atoms with E-state index in [-0.39, 0.29) is 19.9 Å². The molecular weight excluding hydrogens is 437 g/mol. The molecule has 0 fully saturated rings. The van der Waals surface area contributed by atoms with Crippen molar-refractivity contribution in [3.8, 4) is 0 Å². The Kier molecular flexibility index (Phi) is 5.92.